The van der Waals surface area contributed by atoms with Crippen LogP contribution in [0.5, 0.6) is 5.75 Å². The minimum Gasteiger partial charge on any atom is -0.496 e. The van der Waals surface area contributed by atoms with Crippen LogP contribution in [0.25, 0.3) is 5.69 Å². The number of methoxy groups -OCH3 is 1. The van der Waals surface area contributed by atoms with E-state index in [4.69, 9.17) is 4.74 Å². The first-order valence-electron chi connectivity index (χ1n) is 7.50. The highest BCUT2D eigenvalue weighted by molar-refractivity contribution is 6.07. The number of aryl methyl sites for hydroxylation is 2. The van der Waals surface area contributed by atoms with Crippen LogP contribution in [-0.2, 0) is 0 Å². The molecule has 2 aromatic carbocycles. The summed E-state index contributed by atoms with van der Waals surface area (Å²) in [7, 11) is 1.55. The lowest BCUT2D eigenvalue weighted by Crippen LogP contribution is -2.15. The summed E-state index contributed by atoms with van der Waals surface area (Å²) in [6.07, 6.45) is 3.28. The number of nitrogens with zero attached hydrogens (tertiary/aromatic N) is 3. The SMILES string of the molecule is COc1ccccc1C(=O)Nc1c(C)cc(-n2cnnc2)cc1C. The van der Waals surface area contributed by atoms with Crippen molar-refractivity contribution in [1.82, 2.24) is 14.8 Å². The maximum Gasteiger partial charge on any atom is 0.259 e. The standard InChI is InChI=1S/C18H18N4O2/c1-12-8-14(22-10-19-20-11-22)9-13(2)17(12)21-18(23)15-6-4-5-7-16(15)24-3/h4-11H,1-3H3,(H,21,23). The lowest BCUT2D eigenvalue weighted by atomic mass is 10.1. The van der Waals surface area contributed by atoms with Gasteiger partial charge < -0.3 is 10.1 Å². The van der Waals surface area contributed by atoms with Crippen LogP contribution in [0.1, 0.15) is 21.5 Å². The van der Waals surface area contributed by atoms with E-state index in [0.29, 0.717) is 11.3 Å². The van der Waals surface area contributed by atoms with Gasteiger partial charge in [-0.05, 0) is 49.2 Å². The van der Waals surface area contributed by atoms with Crippen LogP contribution in [0, 0.1) is 13.8 Å². The van der Waals surface area contributed by atoms with E-state index in [9.17, 15) is 4.79 Å². The van der Waals surface area contributed by atoms with Crippen LogP contribution in [0.3, 0.4) is 0 Å². The van der Waals surface area contributed by atoms with Crippen molar-refractivity contribution >= 4 is 11.6 Å². The summed E-state index contributed by atoms with van der Waals surface area (Å²) in [5.74, 6) is 0.349. The molecule has 1 amide bonds. The molecule has 3 aromatic rings. The van der Waals surface area contributed by atoms with Crippen molar-refractivity contribution in [1.29, 1.82) is 0 Å². The highest BCUT2D eigenvalue weighted by atomic mass is 16.5. The molecular weight excluding hydrogens is 304 g/mol. The van der Waals surface area contributed by atoms with E-state index in [-0.39, 0.29) is 5.91 Å². The third kappa shape index (κ3) is 2.99. The number of nitrogens with one attached hydrogen (secondary N) is 1. The Morgan fingerprint density at radius 1 is 1.08 bits per heavy atom. The van der Waals surface area contributed by atoms with Crippen LogP contribution in [0.4, 0.5) is 5.69 Å². The highest BCUT2D eigenvalue weighted by Gasteiger charge is 2.14. The van der Waals surface area contributed by atoms with Gasteiger partial charge in [-0.2, -0.15) is 0 Å². The highest BCUT2D eigenvalue weighted by Crippen LogP contribution is 2.26. The quantitative estimate of drug-likeness (QED) is 0.801. The van der Waals surface area contributed by atoms with Crippen molar-refractivity contribution in [2.75, 3.05) is 12.4 Å². The topological polar surface area (TPSA) is 69.0 Å². The molecule has 0 atom stereocenters. The summed E-state index contributed by atoms with van der Waals surface area (Å²) < 4.78 is 7.08. The molecule has 1 heterocycles. The first-order chi connectivity index (χ1) is 11.6. The molecule has 1 N–H and O–H groups in total. The van der Waals surface area contributed by atoms with Gasteiger partial charge in [0.15, 0.2) is 0 Å². The van der Waals surface area contributed by atoms with Crippen LogP contribution in [0.15, 0.2) is 49.1 Å². The molecule has 24 heavy (non-hydrogen) atoms. The first kappa shape index (κ1) is 15.7. The van der Waals surface area contributed by atoms with Crippen molar-refractivity contribution in [3.8, 4) is 11.4 Å². The molecule has 0 saturated carbocycles. The van der Waals surface area contributed by atoms with Gasteiger partial charge in [0.1, 0.15) is 18.4 Å². The molecule has 0 aliphatic heterocycles. The third-order valence-electron chi connectivity index (χ3n) is 3.82. The van der Waals surface area contributed by atoms with Crippen molar-refractivity contribution in [2.24, 2.45) is 0 Å². The lowest BCUT2D eigenvalue weighted by molar-refractivity contribution is 0.102. The summed E-state index contributed by atoms with van der Waals surface area (Å²) in [5.41, 5.74) is 4.17. The maximum absolute atomic E-state index is 12.6. The lowest BCUT2D eigenvalue weighted by Gasteiger charge is -2.15. The fraction of sp³-hybridized carbons (Fsp3) is 0.167. The average molecular weight is 322 g/mol. The number of carbonyl (C=O) groups excluding carboxylic acids is 1. The van der Waals surface area contributed by atoms with Gasteiger partial charge >= 0.3 is 0 Å². The zero-order valence-electron chi connectivity index (χ0n) is 13.8. The van der Waals surface area contributed by atoms with E-state index in [1.165, 1.54) is 0 Å². The molecule has 0 bridgehead atoms. The van der Waals surface area contributed by atoms with Crippen molar-refractivity contribution in [2.45, 2.75) is 13.8 Å². The summed E-state index contributed by atoms with van der Waals surface area (Å²) in [6.45, 7) is 3.91. The molecule has 0 spiro atoms. The van der Waals surface area contributed by atoms with E-state index in [1.807, 2.05) is 42.7 Å². The number of anilines is 1. The normalized spacial score (nSPS) is 10.5. The Balaban J connectivity index is 1.92. The Morgan fingerprint density at radius 2 is 1.71 bits per heavy atom. The van der Waals surface area contributed by atoms with Gasteiger partial charge in [-0.3, -0.25) is 9.36 Å². The zero-order chi connectivity index (χ0) is 17.1. The minimum absolute atomic E-state index is 0.198. The molecule has 0 saturated heterocycles. The van der Waals surface area contributed by atoms with Gasteiger partial charge in [-0.15, -0.1) is 10.2 Å². The van der Waals surface area contributed by atoms with Crippen LogP contribution < -0.4 is 10.1 Å². The number of aromatic nitrogens is 3. The second-order valence-corrected chi connectivity index (χ2v) is 5.48. The van der Waals surface area contributed by atoms with E-state index < -0.39 is 0 Å². The molecule has 3 rings (SSSR count). The predicted octanol–water partition coefficient (Wildman–Crippen LogP) is 3.15. The Morgan fingerprint density at radius 3 is 2.33 bits per heavy atom. The smallest absolute Gasteiger partial charge is 0.259 e. The van der Waals surface area contributed by atoms with Gasteiger partial charge in [0.25, 0.3) is 5.91 Å². The molecule has 1 aromatic heterocycles. The summed E-state index contributed by atoms with van der Waals surface area (Å²) >= 11 is 0. The van der Waals surface area contributed by atoms with Crippen molar-refractivity contribution < 1.29 is 9.53 Å². The Labute approximate surface area is 140 Å². The molecule has 0 unspecified atom stereocenters. The number of rotatable bonds is 4. The van der Waals surface area contributed by atoms with Gasteiger partial charge in [-0.25, -0.2) is 0 Å². The second-order valence-electron chi connectivity index (χ2n) is 5.48. The largest absolute Gasteiger partial charge is 0.496 e. The fourth-order valence-corrected chi connectivity index (χ4v) is 2.63. The van der Waals surface area contributed by atoms with Crippen LogP contribution in [-0.4, -0.2) is 27.8 Å². The molecule has 0 aliphatic carbocycles. The average Bonchev–Trinajstić information content (AvgIpc) is 3.12. The Kier molecular flexibility index (Phi) is 4.29. The predicted molar refractivity (Wildman–Crippen MR) is 91.8 cm³/mol. The van der Waals surface area contributed by atoms with E-state index in [2.05, 4.69) is 15.5 Å². The fourth-order valence-electron chi connectivity index (χ4n) is 2.63. The molecule has 122 valence electrons. The first-order valence-corrected chi connectivity index (χ1v) is 7.50. The number of amides is 1. The summed E-state index contributed by atoms with van der Waals surface area (Å²) in [5, 5.41) is 10.6. The maximum atomic E-state index is 12.6. The van der Waals surface area contributed by atoms with E-state index in [1.54, 1.807) is 31.9 Å². The van der Waals surface area contributed by atoms with E-state index >= 15 is 0 Å². The molecular formula is C18H18N4O2. The van der Waals surface area contributed by atoms with Gasteiger partial charge in [0, 0.05) is 11.4 Å². The van der Waals surface area contributed by atoms with Gasteiger partial charge in [-0.1, -0.05) is 12.1 Å². The van der Waals surface area contributed by atoms with E-state index in [0.717, 1.165) is 22.5 Å². The molecule has 6 nitrogen and oxygen atoms in total. The summed E-state index contributed by atoms with van der Waals surface area (Å²) in [4.78, 5) is 12.6. The molecule has 0 fully saturated rings. The number of ether oxygens (including phenoxy) is 1. The van der Waals surface area contributed by atoms with Crippen LogP contribution in [0.2, 0.25) is 0 Å². The number of hydrogen-bond acceptors (Lipinski definition) is 4. The minimum atomic E-state index is -0.198. The van der Waals surface area contributed by atoms with Gasteiger partial charge in [0.05, 0.1) is 12.7 Å². The number of benzene rings is 2. The zero-order valence-corrected chi connectivity index (χ0v) is 13.8. The second kappa shape index (κ2) is 6.54. The summed E-state index contributed by atoms with van der Waals surface area (Å²) in [6, 6.07) is 11.1. The molecule has 0 aliphatic rings. The van der Waals surface area contributed by atoms with Crippen LogP contribution >= 0.6 is 0 Å². The monoisotopic (exact) mass is 322 g/mol. The van der Waals surface area contributed by atoms with Crippen molar-refractivity contribution in [3.63, 3.8) is 0 Å². The van der Waals surface area contributed by atoms with Crippen molar-refractivity contribution in [3.05, 3.63) is 65.7 Å². The third-order valence-corrected chi connectivity index (χ3v) is 3.82. The number of para-hydroxylation sites is 1. The number of hydrogen-bond donors (Lipinski definition) is 1. The molecule has 6 heteroatoms. The Hall–Kier alpha value is -3.15. The molecule has 0 radical (unpaired) electrons. The Bertz CT molecular complexity index is 849. The number of carbonyl (C=O) groups is 1. The van der Waals surface area contributed by atoms with Gasteiger partial charge in [0.2, 0.25) is 0 Å².